The fourth-order valence-corrected chi connectivity index (χ4v) is 4.32. The summed E-state index contributed by atoms with van der Waals surface area (Å²) in [5, 5.41) is 5.46. The predicted octanol–water partition coefficient (Wildman–Crippen LogP) is 3.88. The van der Waals surface area contributed by atoms with Crippen LogP contribution in [-0.2, 0) is 16.1 Å². The van der Waals surface area contributed by atoms with E-state index in [9.17, 15) is 14.4 Å². The molecule has 2 aromatic heterocycles. The highest BCUT2D eigenvalue weighted by Crippen LogP contribution is 2.30. The van der Waals surface area contributed by atoms with Crippen LogP contribution in [0, 0.1) is 0 Å². The van der Waals surface area contributed by atoms with Crippen molar-refractivity contribution in [1.29, 1.82) is 0 Å². The number of hydrogen-bond donors (Lipinski definition) is 1. The topological polar surface area (TPSA) is 84.3 Å². The summed E-state index contributed by atoms with van der Waals surface area (Å²) in [5.41, 5.74) is 1.88. The lowest BCUT2D eigenvalue weighted by atomic mass is 10.1. The van der Waals surface area contributed by atoms with Crippen molar-refractivity contribution in [2.24, 2.45) is 0 Å². The largest absolute Gasteiger partial charge is 0.335 e. The SMILES string of the molecule is CN(CC(=O)Nc1ccccc1Cl)C(=O)Cn1cnc2scc(-c3ccccc3)c2c1=O. The molecule has 2 aromatic carbocycles. The molecule has 4 rings (SSSR count). The Bertz CT molecular complexity index is 1350. The number of fused-ring (bicyclic) bond motifs is 1. The van der Waals surface area contributed by atoms with Crippen molar-refractivity contribution in [3.63, 3.8) is 0 Å². The molecule has 9 heteroatoms. The van der Waals surface area contributed by atoms with Crippen LogP contribution in [0.2, 0.25) is 5.02 Å². The number of aromatic nitrogens is 2. The molecule has 0 atom stereocenters. The van der Waals surface area contributed by atoms with Gasteiger partial charge in [-0.3, -0.25) is 19.0 Å². The van der Waals surface area contributed by atoms with Gasteiger partial charge < -0.3 is 10.2 Å². The molecule has 0 spiro atoms. The van der Waals surface area contributed by atoms with E-state index in [0.29, 0.717) is 20.9 Å². The number of nitrogens with one attached hydrogen (secondary N) is 1. The molecule has 2 amide bonds. The lowest BCUT2D eigenvalue weighted by Gasteiger charge is -2.17. The summed E-state index contributed by atoms with van der Waals surface area (Å²) in [7, 11) is 1.51. The molecule has 162 valence electrons. The van der Waals surface area contributed by atoms with E-state index < -0.39 is 0 Å². The second-order valence-corrected chi connectivity index (χ2v) is 8.42. The van der Waals surface area contributed by atoms with Gasteiger partial charge in [-0.15, -0.1) is 11.3 Å². The van der Waals surface area contributed by atoms with Gasteiger partial charge in [-0.25, -0.2) is 4.98 Å². The van der Waals surface area contributed by atoms with Gasteiger partial charge in [0, 0.05) is 18.0 Å². The Balaban J connectivity index is 1.50. The number of carbonyl (C=O) groups is 2. The van der Waals surface area contributed by atoms with Gasteiger partial charge >= 0.3 is 0 Å². The van der Waals surface area contributed by atoms with E-state index in [1.165, 1.54) is 34.2 Å². The molecule has 0 aliphatic heterocycles. The lowest BCUT2D eigenvalue weighted by Crippen LogP contribution is -2.38. The maximum atomic E-state index is 13.1. The zero-order valence-electron chi connectivity index (χ0n) is 17.1. The summed E-state index contributed by atoms with van der Waals surface area (Å²) >= 11 is 7.43. The number of hydrogen-bond acceptors (Lipinski definition) is 5. The van der Waals surface area contributed by atoms with Gasteiger partial charge in [0.2, 0.25) is 11.8 Å². The molecule has 0 bridgehead atoms. The number of carbonyl (C=O) groups excluding carboxylic acids is 2. The molecular weight excluding hydrogens is 448 g/mol. The molecular formula is C23H19ClN4O3S. The molecule has 0 saturated heterocycles. The molecule has 0 aliphatic carbocycles. The smallest absolute Gasteiger partial charge is 0.263 e. The third kappa shape index (κ3) is 4.56. The van der Waals surface area contributed by atoms with Gasteiger partial charge in [0.05, 0.1) is 29.0 Å². The van der Waals surface area contributed by atoms with Crippen LogP contribution < -0.4 is 10.9 Å². The van der Waals surface area contributed by atoms with Crippen LogP contribution in [0.15, 0.2) is 71.1 Å². The minimum Gasteiger partial charge on any atom is -0.335 e. The quantitative estimate of drug-likeness (QED) is 0.467. The second kappa shape index (κ2) is 9.33. The van der Waals surface area contributed by atoms with Crippen LogP contribution in [0.3, 0.4) is 0 Å². The van der Waals surface area contributed by atoms with Crippen molar-refractivity contribution in [1.82, 2.24) is 14.5 Å². The average molecular weight is 467 g/mol. The minimum absolute atomic E-state index is 0.178. The van der Waals surface area contributed by atoms with E-state index in [4.69, 9.17) is 11.6 Å². The highest BCUT2D eigenvalue weighted by molar-refractivity contribution is 7.17. The third-order valence-corrected chi connectivity index (χ3v) is 6.12. The monoisotopic (exact) mass is 466 g/mol. The molecule has 0 radical (unpaired) electrons. The zero-order valence-corrected chi connectivity index (χ0v) is 18.7. The van der Waals surface area contributed by atoms with Crippen LogP contribution >= 0.6 is 22.9 Å². The fourth-order valence-electron chi connectivity index (χ4n) is 3.23. The summed E-state index contributed by atoms with van der Waals surface area (Å²) in [6.07, 6.45) is 1.37. The molecule has 2 heterocycles. The van der Waals surface area contributed by atoms with Crippen molar-refractivity contribution in [2.75, 3.05) is 18.9 Å². The van der Waals surface area contributed by atoms with E-state index >= 15 is 0 Å². The first kappa shape index (κ1) is 21.7. The van der Waals surface area contributed by atoms with E-state index in [1.54, 1.807) is 24.3 Å². The number of halogens is 1. The van der Waals surface area contributed by atoms with Crippen molar-refractivity contribution in [2.45, 2.75) is 6.54 Å². The van der Waals surface area contributed by atoms with Gasteiger partial charge in [-0.05, 0) is 17.7 Å². The van der Waals surface area contributed by atoms with E-state index in [1.807, 2.05) is 35.7 Å². The van der Waals surface area contributed by atoms with Crippen LogP contribution in [0.5, 0.6) is 0 Å². The molecule has 0 saturated carbocycles. The molecule has 0 aliphatic rings. The Morgan fingerprint density at radius 1 is 1.12 bits per heavy atom. The van der Waals surface area contributed by atoms with Gasteiger partial charge in [0.1, 0.15) is 11.4 Å². The molecule has 4 aromatic rings. The summed E-state index contributed by atoms with van der Waals surface area (Å²) in [6.45, 7) is -0.399. The summed E-state index contributed by atoms with van der Waals surface area (Å²) in [5.74, 6) is -0.780. The minimum atomic E-state index is -0.390. The highest BCUT2D eigenvalue weighted by Gasteiger charge is 2.18. The first-order chi connectivity index (χ1) is 15.4. The van der Waals surface area contributed by atoms with Crippen molar-refractivity contribution in [3.8, 4) is 11.1 Å². The zero-order chi connectivity index (χ0) is 22.7. The van der Waals surface area contributed by atoms with Crippen LogP contribution in [-0.4, -0.2) is 39.9 Å². The molecule has 7 nitrogen and oxygen atoms in total. The number of nitrogens with zero attached hydrogens (tertiary/aromatic N) is 3. The predicted molar refractivity (Wildman–Crippen MR) is 127 cm³/mol. The standard InChI is InChI=1S/C23H19ClN4O3S/c1-27(11-19(29)26-18-10-6-5-9-17(18)24)20(30)12-28-14-25-22-21(23(28)31)16(13-32-22)15-7-3-2-4-8-15/h2-10,13-14H,11-12H2,1H3,(H,26,29). The average Bonchev–Trinajstić information content (AvgIpc) is 3.23. The van der Waals surface area contributed by atoms with Crippen molar-refractivity contribution in [3.05, 3.63) is 81.7 Å². The second-order valence-electron chi connectivity index (χ2n) is 7.15. The Morgan fingerprint density at radius 3 is 2.59 bits per heavy atom. The number of anilines is 1. The van der Waals surface area contributed by atoms with Crippen molar-refractivity contribution >= 4 is 50.7 Å². The van der Waals surface area contributed by atoms with E-state index in [-0.39, 0.29) is 30.5 Å². The van der Waals surface area contributed by atoms with Crippen LogP contribution in [0.1, 0.15) is 0 Å². The van der Waals surface area contributed by atoms with Gasteiger partial charge in [-0.2, -0.15) is 0 Å². The summed E-state index contributed by atoms with van der Waals surface area (Å²) in [6, 6.07) is 16.4. The molecule has 1 N–H and O–H groups in total. The Hall–Kier alpha value is -3.49. The number of para-hydroxylation sites is 1. The number of benzene rings is 2. The normalized spacial score (nSPS) is 10.8. The van der Waals surface area contributed by atoms with Gasteiger partial charge in [0.25, 0.3) is 5.56 Å². The fraction of sp³-hybridized carbons (Fsp3) is 0.130. The van der Waals surface area contributed by atoms with Crippen LogP contribution in [0.25, 0.3) is 21.3 Å². The molecule has 32 heavy (non-hydrogen) atoms. The highest BCUT2D eigenvalue weighted by atomic mass is 35.5. The number of amides is 2. The van der Waals surface area contributed by atoms with E-state index in [0.717, 1.165) is 11.1 Å². The summed E-state index contributed by atoms with van der Waals surface area (Å²) in [4.78, 5) is 44.3. The molecule has 0 fully saturated rings. The lowest BCUT2D eigenvalue weighted by molar-refractivity contribution is -0.133. The number of rotatable bonds is 6. The van der Waals surface area contributed by atoms with Crippen LogP contribution in [0.4, 0.5) is 5.69 Å². The van der Waals surface area contributed by atoms with E-state index in [2.05, 4.69) is 10.3 Å². The Labute approximate surface area is 192 Å². The third-order valence-electron chi connectivity index (χ3n) is 4.91. The number of thiophene rings is 1. The summed E-state index contributed by atoms with van der Waals surface area (Å²) < 4.78 is 1.27. The molecule has 0 unspecified atom stereocenters. The van der Waals surface area contributed by atoms with Crippen molar-refractivity contribution < 1.29 is 9.59 Å². The maximum absolute atomic E-state index is 13.1. The Morgan fingerprint density at radius 2 is 1.84 bits per heavy atom. The first-order valence-corrected chi connectivity index (χ1v) is 11.0. The first-order valence-electron chi connectivity index (χ1n) is 9.74. The van der Waals surface area contributed by atoms with Gasteiger partial charge in [0.15, 0.2) is 0 Å². The van der Waals surface area contributed by atoms with Gasteiger partial charge in [-0.1, -0.05) is 54.1 Å². The number of likely N-dealkylation sites (N-methyl/N-ethyl adjacent to an activating group) is 1. The Kier molecular flexibility index (Phi) is 6.34. The maximum Gasteiger partial charge on any atom is 0.263 e.